The van der Waals surface area contributed by atoms with E-state index in [2.05, 4.69) is 40.1 Å². The highest BCUT2D eigenvalue weighted by Gasteiger charge is 2.09. The molecule has 0 bridgehead atoms. The minimum atomic E-state index is 0.664. The van der Waals surface area contributed by atoms with Crippen LogP contribution >= 0.6 is 15.9 Å². The van der Waals surface area contributed by atoms with Gasteiger partial charge in [0.1, 0.15) is 0 Å². The molecule has 1 aromatic heterocycles. The quantitative estimate of drug-likeness (QED) is 0.942. The molecule has 1 aromatic carbocycles. The predicted octanol–water partition coefficient (Wildman–Crippen LogP) is 2.70. The van der Waals surface area contributed by atoms with Crippen molar-refractivity contribution >= 4 is 15.9 Å². The molecular weight excluding hydrogens is 278 g/mol. The number of hydrogen-bond donors (Lipinski definition) is 1. The molecule has 0 atom stereocenters. The van der Waals surface area contributed by atoms with Crippen LogP contribution in [0.4, 0.5) is 0 Å². The maximum atomic E-state index is 5.61. The predicted molar refractivity (Wildman–Crippen MR) is 73.4 cm³/mol. The molecule has 0 unspecified atom stereocenters. The van der Waals surface area contributed by atoms with Crippen LogP contribution in [0.2, 0.25) is 0 Å². The number of rotatable bonds is 4. The summed E-state index contributed by atoms with van der Waals surface area (Å²) in [5.41, 5.74) is 9.18. The van der Waals surface area contributed by atoms with Crippen LogP contribution in [0, 0.1) is 0 Å². The maximum Gasteiger partial charge on any atom is 0.0660 e. The first-order valence-electron chi connectivity index (χ1n) is 5.78. The maximum absolute atomic E-state index is 5.61. The van der Waals surface area contributed by atoms with Crippen LogP contribution in [0.25, 0.3) is 5.69 Å². The lowest BCUT2D eigenvalue weighted by Crippen LogP contribution is -2.06. The lowest BCUT2D eigenvalue weighted by atomic mass is 10.1. The zero-order valence-corrected chi connectivity index (χ0v) is 11.4. The van der Waals surface area contributed by atoms with E-state index in [4.69, 9.17) is 5.73 Å². The third-order valence-corrected chi connectivity index (χ3v) is 3.25. The van der Waals surface area contributed by atoms with Gasteiger partial charge >= 0.3 is 0 Å². The number of hydrogen-bond acceptors (Lipinski definition) is 2. The Labute approximate surface area is 110 Å². The second kappa shape index (κ2) is 5.47. The normalized spacial score (nSPS) is 10.8. The average Bonchev–Trinajstić information content (AvgIpc) is 2.72. The Hall–Kier alpha value is -1.13. The van der Waals surface area contributed by atoms with Crippen molar-refractivity contribution in [1.29, 1.82) is 0 Å². The number of aromatic nitrogens is 2. The van der Waals surface area contributed by atoms with Crippen molar-refractivity contribution in [2.75, 3.05) is 6.54 Å². The minimum absolute atomic E-state index is 0.664. The van der Waals surface area contributed by atoms with E-state index in [1.807, 2.05) is 23.0 Å². The van der Waals surface area contributed by atoms with Gasteiger partial charge in [-0.1, -0.05) is 28.9 Å². The van der Waals surface area contributed by atoms with Crippen molar-refractivity contribution < 1.29 is 0 Å². The molecule has 2 rings (SSSR count). The van der Waals surface area contributed by atoms with Crippen molar-refractivity contribution in [2.45, 2.75) is 19.8 Å². The lowest BCUT2D eigenvalue weighted by Gasteiger charge is -2.08. The first-order valence-corrected chi connectivity index (χ1v) is 6.57. The van der Waals surface area contributed by atoms with Gasteiger partial charge in [-0.2, -0.15) is 5.10 Å². The molecule has 3 nitrogen and oxygen atoms in total. The summed E-state index contributed by atoms with van der Waals surface area (Å²) < 4.78 is 3.06. The highest BCUT2D eigenvalue weighted by Crippen LogP contribution is 2.19. The number of nitrogens with zero attached hydrogens (tertiary/aromatic N) is 2. The highest BCUT2D eigenvalue weighted by atomic mass is 79.9. The van der Waals surface area contributed by atoms with Crippen LogP contribution in [0.3, 0.4) is 0 Å². The fourth-order valence-electron chi connectivity index (χ4n) is 1.98. The molecule has 0 fully saturated rings. The second-order valence-electron chi connectivity index (χ2n) is 3.90. The molecule has 0 radical (unpaired) electrons. The van der Waals surface area contributed by atoms with Gasteiger partial charge < -0.3 is 5.73 Å². The monoisotopic (exact) mass is 293 g/mol. The smallest absolute Gasteiger partial charge is 0.0660 e. The molecule has 90 valence electrons. The van der Waals surface area contributed by atoms with Crippen LogP contribution in [0.1, 0.15) is 18.2 Å². The Morgan fingerprint density at radius 2 is 2.24 bits per heavy atom. The van der Waals surface area contributed by atoms with Crippen molar-refractivity contribution in [2.24, 2.45) is 5.73 Å². The Morgan fingerprint density at radius 3 is 2.88 bits per heavy atom. The molecule has 17 heavy (non-hydrogen) atoms. The van der Waals surface area contributed by atoms with Gasteiger partial charge in [0.05, 0.1) is 11.9 Å². The van der Waals surface area contributed by atoms with E-state index in [9.17, 15) is 0 Å². The minimum Gasteiger partial charge on any atom is -0.330 e. The Morgan fingerprint density at radius 1 is 1.41 bits per heavy atom. The third-order valence-electron chi connectivity index (χ3n) is 2.76. The van der Waals surface area contributed by atoms with Gasteiger partial charge in [-0.05, 0) is 43.1 Å². The van der Waals surface area contributed by atoms with Crippen LogP contribution in [-0.2, 0) is 12.8 Å². The second-order valence-corrected chi connectivity index (χ2v) is 4.82. The SMILES string of the molecule is CCc1c(CCN)cnn1-c1cccc(Br)c1. The first kappa shape index (κ1) is 12.3. The molecule has 0 amide bonds. The van der Waals surface area contributed by atoms with Gasteiger partial charge in [0.15, 0.2) is 0 Å². The number of nitrogens with two attached hydrogens (primary N) is 1. The van der Waals surface area contributed by atoms with Crippen LogP contribution < -0.4 is 5.73 Å². The van der Waals surface area contributed by atoms with E-state index >= 15 is 0 Å². The van der Waals surface area contributed by atoms with Crippen molar-refractivity contribution in [1.82, 2.24) is 9.78 Å². The van der Waals surface area contributed by atoms with Gasteiger partial charge in [0.25, 0.3) is 0 Å². The third kappa shape index (κ3) is 2.58. The summed E-state index contributed by atoms with van der Waals surface area (Å²) >= 11 is 3.48. The molecule has 1 heterocycles. The summed E-state index contributed by atoms with van der Waals surface area (Å²) in [6.07, 6.45) is 3.77. The van der Waals surface area contributed by atoms with E-state index in [-0.39, 0.29) is 0 Å². The summed E-state index contributed by atoms with van der Waals surface area (Å²) in [5.74, 6) is 0. The van der Waals surface area contributed by atoms with Gasteiger partial charge in [-0.15, -0.1) is 0 Å². The highest BCUT2D eigenvalue weighted by molar-refractivity contribution is 9.10. The van der Waals surface area contributed by atoms with Crippen LogP contribution in [-0.4, -0.2) is 16.3 Å². The molecule has 0 aliphatic carbocycles. The topological polar surface area (TPSA) is 43.8 Å². The fraction of sp³-hybridized carbons (Fsp3) is 0.308. The molecule has 0 saturated carbocycles. The van der Waals surface area contributed by atoms with E-state index in [0.29, 0.717) is 6.54 Å². The van der Waals surface area contributed by atoms with Gasteiger partial charge in [-0.3, -0.25) is 0 Å². The molecule has 4 heteroatoms. The van der Waals surface area contributed by atoms with Crippen molar-refractivity contribution in [3.05, 3.63) is 46.2 Å². The Bertz CT molecular complexity index is 505. The van der Waals surface area contributed by atoms with E-state index < -0.39 is 0 Å². The largest absolute Gasteiger partial charge is 0.330 e. The van der Waals surface area contributed by atoms with E-state index in [0.717, 1.165) is 23.0 Å². The molecule has 0 aliphatic rings. The number of benzene rings is 1. The van der Waals surface area contributed by atoms with Crippen LogP contribution in [0.15, 0.2) is 34.9 Å². The zero-order chi connectivity index (χ0) is 12.3. The lowest BCUT2D eigenvalue weighted by molar-refractivity contribution is 0.805. The summed E-state index contributed by atoms with van der Waals surface area (Å²) in [4.78, 5) is 0. The molecule has 2 N–H and O–H groups in total. The molecule has 0 saturated heterocycles. The summed E-state index contributed by atoms with van der Waals surface area (Å²) in [6, 6.07) is 8.16. The standard InChI is InChI=1S/C13H16BrN3/c1-2-13-10(6-7-15)9-16-17(13)12-5-3-4-11(14)8-12/h3-5,8-9H,2,6-7,15H2,1H3. The van der Waals surface area contributed by atoms with E-state index in [1.54, 1.807) is 0 Å². The van der Waals surface area contributed by atoms with Gasteiger partial charge in [0, 0.05) is 10.2 Å². The average molecular weight is 294 g/mol. The molecule has 0 spiro atoms. The Kier molecular flexibility index (Phi) is 3.97. The van der Waals surface area contributed by atoms with E-state index in [1.165, 1.54) is 11.3 Å². The fourth-order valence-corrected chi connectivity index (χ4v) is 2.37. The zero-order valence-electron chi connectivity index (χ0n) is 9.86. The summed E-state index contributed by atoms with van der Waals surface area (Å²) in [6.45, 7) is 2.81. The first-order chi connectivity index (χ1) is 8.26. The Balaban J connectivity index is 2.45. The molecule has 2 aromatic rings. The molecule has 0 aliphatic heterocycles. The molecular formula is C13H16BrN3. The van der Waals surface area contributed by atoms with Crippen LogP contribution in [0.5, 0.6) is 0 Å². The van der Waals surface area contributed by atoms with Crippen molar-refractivity contribution in [3.8, 4) is 5.69 Å². The van der Waals surface area contributed by atoms with Gasteiger partial charge in [-0.25, -0.2) is 4.68 Å². The summed E-state index contributed by atoms with van der Waals surface area (Å²) in [5, 5.41) is 4.46. The van der Waals surface area contributed by atoms with Gasteiger partial charge in [0.2, 0.25) is 0 Å². The number of halogens is 1. The summed E-state index contributed by atoms with van der Waals surface area (Å²) in [7, 11) is 0. The van der Waals surface area contributed by atoms with Crippen molar-refractivity contribution in [3.63, 3.8) is 0 Å².